The van der Waals surface area contributed by atoms with Gasteiger partial charge in [0.15, 0.2) is 0 Å². The van der Waals surface area contributed by atoms with Crippen LogP contribution in [0.3, 0.4) is 0 Å². The minimum absolute atomic E-state index is 0.0440. The SMILES string of the molecule is CN(C)C(=O)CNC(=O)C1CCC(C(C)(C)C)CC1. The fourth-order valence-electron chi connectivity index (χ4n) is 2.69. The molecule has 1 rings (SSSR count). The van der Waals surface area contributed by atoms with Gasteiger partial charge in [0.25, 0.3) is 0 Å². The molecule has 0 radical (unpaired) electrons. The van der Waals surface area contributed by atoms with Gasteiger partial charge in [-0.3, -0.25) is 9.59 Å². The van der Waals surface area contributed by atoms with Crippen molar-refractivity contribution in [1.29, 1.82) is 0 Å². The summed E-state index contributed by atoms with van der Waals surface area (Å²) in [6.45, 7) is 6.93. The third kappa shape index (κ3) is 4.84. The van der Waals surface area contributed by atoms with E-state index in [1.54, 1.807) is 14.1 Å². The van der Waals surface area contributed by atoms with E-state index in [2.05, 4.69) is 26.1 Å². The predicted octanol–water partition coefficient (Wildman–Crippen LogP) is 2.04. The van der Waals surface area contributed by atoms with E-state index < -0.39 is 0 Å². The lowest BCUT2D eigenvalue weighted by Crippen LogP contribution is -2.40. The molecule has 1 fully saturated rings. The highest BCUT2D eigenvalue weighted by Crippen LogP contribution is 2.39. The number of rotatable bonds is 3. The summed E-state index contributed by atoms with van der Waals surface area (Å²) >= 11 is 0. The first-order valence-electron chi connectivity index (χ1n) is 7.19. The van der Waals surface area contributed by atoms with Gasteiger partial charge in [-0.15, -0.1) is 0 Å². The van der Waals surface area contributed by atoms with Gasteiger partial charge in [0, 0.05) is 20.0 Å². The molecule has 1 N–H and O–H groups in total. The molecule has 0 atom stereocenters. The van der Waals surface area contributed by atoms with Gasteiger partial charge in [-0.25, -0.2) is 0 Å². The van der Waals surface area contributed by atoms with Crippen LogP contribution < -0.4 is 5.32 Å². The summed E-state index contributed by atoms with van der Waals surface area (Å²) in [6.07, 6.45) is 4.13. The number of hydrogen-bond donors (Lipinski definition) is 1. The van der Waals surface area contributed by atoms with Crippen molar-refractivity contribution in [2.24, 2.45) is 17.3 Å². The number of nitrogens with one attached hydrogen (secondary N) is 1. The molecular weight excluding hydrogens is 240 g/mol. The maximum absolute atomic E-state index is 12.0. The summed E-state index contributed by atoms with van der Waals surface area (Å²) in [7, 11) is 3.39. The number of likely N-dealkylation sites (N-methyl/N-ethyl adjacent to an activating group) is 1. The summed E-state index contributed by atoms with van der Waals surface area (Å²) in [5, 5.41) is 2.76. The van der Waals surface area contributed by atoms with Crippen molar-refractivity contribution < 1.29 is 9.59 Å². The van der Waals surface area contributed by atoms with E-state index in [1.807, 2.05) is 0 Å². The monoisotopic (exact) mass is 268 g/mol. The smallest absolute Gasteiger partial charge is 0.241 e. The number of carbonyl (C=O) groups excluding carboxylic acids is 2. The van der Waals surface area contributed by atoms with Crippen molar-refractivity contribution in [3.8, 4) is 0 Å². The molecule has 0 saturated heterocycles. The first-order chi connectivity index (χ1) is 8.71. The Morgan fingerprint density at radius 3 is 2.05 bits per heavy atom. The molecule has 0 aromatic heterocycles. The Bertz CT molecular complexity index is 324. The second kappa shape index (κ2) is 6.40. The van der Waals surface area contributed by atoms with Crippen LogP contribution in [0.4, 0.5) is 0 Å². The van der Waals surface area contributed by atoms with Crippen molar-refractivity contribution in [3.05, 3.63) is 0 Å². The fourth-order valence-corrected chi connectivity index (χ4v) is 2.69. The Labute approximate surface area is 116 Å². The van der Waals surface area contributed by atoms with Gasteiger partial charge >= 0.3 is 0 Å². The van der Waals surface area contributed by atoms with Crippen molar-refractivity contribution in [3.63, 3.8) is 0 Å². The minimum atomic E-state index is -0.0586. The van der Waals surface area contributed by atoms with E-state index in [9.17, 15) is 9.59 Å². The van der Waals surface area contributed by atoms with Crippen molar-refractivity contribution in [2.75, 3.05) is 20.6 Å². The zero-order valence-electron chi connectivity index (χ0n) is 13.0. The molecule has 1 saturated carbocycles. The van der Waals surface area contributed by atoms with E-state index in [4.69, 9.17) is 0 Å². The molecule has 0 aromatic carbocycles. The van der Waals surface area contributed by atoms with Crippen molar-refractivity contribution in [1.82, 2.24) is 10.2 Å². The number of carbonyl (C=O) groups is 2. The van der Waals surface area contributed by atoms with Crippen LogP contribution in [0.5, 0.6) is 0 Å². The van der Waals surface area contributed by atoms with Crippen molar-refractivity contribution >= 4 is 11.8 Å². The molecule has 1 aliphatic rings. The molecule has 0 heterocycles. The molecule has 110 valence electrons. The van der Waals surface area contributed by atoms with E-state index in [0.717, 1.165) is 25.7 Å². The molecule has 0 unspecified atom stereocenters. The molecule has 0 bridgehead atoms. The molecule has 0 spiro atoms. The first-order valence-corrected chi connectivity index (χ1v) is 7.19. The van der Waals surface area contributed by atoms with Gasteiger partial charge < -0.3 is 10.2 Å². The third-order valence-corrected chi connectivity index (χ3v) is 4.24. The maximum Gasteiger partial charge on any atom is 0.241 e. The van der Waals surface area contributed by atoms with Gasteiger partial charge in [-0.2, -0.15) is 0 Å². The predicted molar refractivity (Wildman–Crippen MR) is 76.6 cm³/mol. The fraction of sp³-hybridized carbons (Fsp3) is 0.867. The Morgan fingerprint density at radius 2 is 1.63 bits per heavy atom. The van der Waals surface area contributed by atoms with E-state index in [-0.39, 0.29) is 24.3 Å². The second-order valence-electron chi connectivity index (χ2n) is 6.92. The highest BCUT2D eigenvalue weighted by atomic mass is 16.2. The molecular formula is C15H28N2O2. The normalized spacial score (nSPS) is 23.8. The van der Waals surface area contributed by atoms with Gasteiger partial charge in [0.1, 0.15) is 0 Å². The molecule has 4 nitrogen and oxygen atoms in total. The summed E-state index contributed by atoms with van der Waals surface area (Å²) in [5.74, 6) is 0.785. The molecule has 19 heavy (non-hydrogen) atoms. The van der Waals surface area contributed by atoms with E-state index in [1.165, 1.54) is 4.90 Å². The number of amides is 2. The number of hydrogen-bond acceptors (Lipinski definition) is 2. The highest BCUT2D eigenvalue weighted by molar-refractivity contribution is 5.85. The quantitative estimate of drug-likeness (QED) is 0.851. The van der Waals surface area contributed by atoms with Crippen LogP contribution in [0, 0.1) is 17.3 Å². The van der Waals surface area contributed by atoms with Gasteiger partial charge in [-0.05, 0) is 37.0 Å². The van der Waals surface area contributed by atoms with Crippen LogP contribution in [0.1, 0.15) is 46.5 Å². The Morgan fingerprint density at radius 1 is 1.11 bits per heavy atom. The third-order valence-electron chi connectivity index (χ3n) is 4.24. The van der Waals surface area contributed by atoms with Gasteiger partial charge in [0.05, 0.1) is 6.54 Å². The van der Waals surface area contributed by atoms with E-state index >= 15 is 0 Å². The minimum Gasteiger partial charge on any atom is -0.347 e. The largest absolute Gasteiger partial charge is 0.347 e. The van der Waals surface area contributed by atoms with E-state index in [0.29, 0.717) is 11.3 Å². The van der Waals surface area contributed by atoms with Crippen LogP contribution in [0.25, 0.3) is 0 Å². The molecule has 2 amide bonds. The average molecular weight is 268 g/mol. The van der Waals surface area contributed by atoms with Crippen LogP contribution >= 0.6 is 0 Å². The lowest BCUT2D eigenvalue weighted by atomic mass is 9.70. The van der Waals surface area contributed by atoms with Gasteiger partial charge in [-0.1, -0.05) is 20.8 Å². The van der Waals surface area contributed by atoms with Crippen LogP contribution in [-0.4, -0.2) is 37.4 Å². The summed E-state index contributed by atoms with van der Waals surface area (Å²) in [5.41, 5.74) is 0.336. The second-order valence-corrected chi connectivity index (χ2v) is 6.92. The Kier molecular flexibility index (Phi) is 5.39. The van der Waals surface area contributed by atoms with Crippen LogP contribution in [0.2, 0.25) is 0 Å². The van der Waals surface area contributed by atoms with Crippen LogP contribution in [0.15, 0.2) is 0 Å². The Balaban J connectivity index is 2.35. The standard InChI is InChI=1S/C15H28N2O2/c1-15(2,3)12-8-6-11(7-9-12)14(19)16-10-13(18)17(4)5/h11-12H,6-10H2,1-5H3,(H,16,19). The summed E-state index contributed by atoms with van der Waals surface area (Å²) in [4.78, 5) is 24.9. The Hall–Kier alpha value is -1.06. The topological polar surface area (TPSA) is 49.4 Å². The zero-order valence-corrected chi connectivity index (χ0v) is 13.0. The lowest BCUT2D eigenvalue weighted by Gasteiger charge is -2.36. The summed E-state index contributed by atoms with van der Waals surface area (Å²) in [6, 6.07) is 0. The van der Waals surface area contributed by atoms with Crippen molar-refractivity contribution in [2.45, 2.75) is 46.5 Å². The highest BCUT2D eigenvalue weighted by Gasteiger charge is 2.32. The number of nitrogens with zero attached hydrogens (tertiary/aromatic N) is 1. The summed E-state index contributed by atoms with van der Waals surface area (Å²) < 4.78 is 0. The average Bonchev–Trinajstić information content (AvgIpc) is 2.34. The first kappa shape index (κ1) is 16.0. The maximum atomic E-state index is 12.0. The lowest BCUT2D eigenvalue weighted by molar-refractivity contribution is -0.132. The molecule has 0 aliphatic heterocycles. The van der Waals surface area contributed by atoms with Crippen LogP contribution in [-0.2, 0) is 9.59 Å². The molecule has 0 aromatic rings. The van der Waals surface area contributed by atoms with Gasteiger partial charge in [0.2, 0.25) is 11.8 Å². The molecule has 1 aliphatic carbocycles. The molecule has 4 heteroatoms. The zero-order chi connectivity index (χ0) is 14.6.